The van der Waals surface area contributed by atoms with E-state index < -0.39 is 0 Å². The summed E-state index contributed by atoms with van der Waals surface area (Å²) in [5.74, 6) is 2.48. The number of nitrogens with zero attached hydrogens (tertiary/aromatic N) is 2. The van der Waals surface area contributed by atoms with E-state index >= 15 is 0 Å². The quantitative estimate of drug-likeness (QED) is 0.621. The number of hydrogen-bond acceptors (Lipinski definition) is 3. The lowest BCUT2D eigenvalue weighted by Gasteiger charge is -2.14. The third-order valence-electron chi connectivity index (χ3n) is 5.03. The van der Waals surface area contributed by atoms with E-state index in [0.29, 0.717) is 12.5 Å². The van der Waals surface area contributed by atoms with Crippen LogP contribution < -0.4 is 4.74 Å². The number of imidazole rings is 1. The molecule has 1 aliphatic rings. The molecular weight excluding hydrogens is 324 g/mol. The Labute approximate surface area is 154 Å². The van der Waals surface area contributed by atoms with Crippen molar-refractivity contribution in [2.75, 3.05) is 13.2 Å². The number of benzene rings is 2. The van der Waals surface area contributed by atoms with Gasteiger partial charge in [0.2, 0.25) is 0 Å². The average Bonchev–Trinajstić information content (AvgIpc) is 3.30. The van der Waals surface area contributed by atoms with Crippen molar-refractivity contribution in [2.24, 2.45) is 0 Å². The zero-order valence-corrected chi connectivity index (χ0v) is 15.5. The van der Waals surface area contributed by atoms with Crippen LogP contribution in [0.4, 0.5) is 0 Å². The standard InChI is InChI=1S/C22H26N2O2/c1-16(2)17-9-11-18(12-10-17)25-15-13-24-20-7-4-3-6-19(20)23-22(24)21-8-5-14-26-21/h3-4,6-7,9-12,16,21H,5,8,13-15H2,1-2H3. The van der Waals surface area contributed by atoms with E-state index in [4.69, 9.17) is 14.5 Å². The van der Waals surface area contributed by atoms with Gasteiger partial charge < -0.3 is 14.0 Å². The smallest absolute Gasteiger partial charge is 0.139 e. The van der Waals surface area contributed by atoms with Gasteiger partial charge in [-0.1, -0.05) is 38.1 Å². The molecule has 3 aromatic rings. The van der Waals surface area contributed by atoms with Gasteiger partial charge in [0, 0.05) is 6.61 Å². The number of aromatic nitrogens is 2. The Morgan fingerprint density at radius 1 is 1.15 bits per heavy atom. The summed E-state index contributed by atoms with van der Waals surface area (Å²) in [6.45, 7) is 6.61. The van der Waals surface area contributed by atoms with Crippen molar-refractivity contribution in [3.8, 4) is 5.75 Å². The molecule has 0 spiro atoms. The molecule has 1 aromatic heterocycles. The van der Waals surface area contributed by atoms with Gasteiger partial charge in [-0.25, -0.2) is 4.98 Å². The molecule has 0 amide bonds. The van der Waals surface area contributed by atoms with Crippen molar-refractivity contribution < 1.29 is 9.47 Å². The molecule has 4 heteroatoms. The molecule has 2 heterocycles. The van der Waals surface area contributed by atoms with Crippen LogP contribution >= 0.6 is 0 Å². The van der Waals surface area contributed by atoms with Gasteiger partial charge in [-0.15, -0.1) is 0 Å². The molecule has 1 fully saturated rings. The Morgan fingerprint density at radius 3 is 2.69 bits per heavy atom. The van der Waals surface area contributed by atoms with Crippen LogP contribution in [0, 0.1) is 0 Å². The van der Waals surface area contributed by atoms with Crippen LogP contribution in [0.5, 0.6) is 5.75 Å². The largest absolute Gasteiger partial charge is 0.492 e. The van der Waals surface area contributed by atoms with Crippen LogP contribution in [0.25, 0.3) is 11.0 Å². The van der Waals surface area contributed by atoms with E-state index in [1.165, 1.54) is 5.56 Å². The predicted octanol–water partition coefficient (Wildman–Crippen LogP) is 5.09. The van der Waals surface area contributed by atoms with E-state index in [2.05, 4.69) is 60.9 Å². The normalized spacial score (nSPS) is 17.3. The zero-order valence-electron chi connectivity index (χ0n) is 15.5. The second-order valence-electron chi connectivity index (χ2n) is 7.18. The monoisotopic (exact) mass is 350 g/mol. The molecule has 0 aliphatic carbocycles. The van der Waals surface area contributed by atoms with E-state index in [1.807, 2.05) is 6.07 Å². The molecule has 0 N–H and O–H groups in total. The predicted molar refractivity (Wildman–Crippen MR) is 104 cm³/mol. The van der Waals surface area contributed by atoms with Crippen LogP contribution in [0.2, 0.25) is 0 Å². The Kier molecular flexibility index (Phi) is 4.93. The van der Waals surface area contributed by atoms with Crippen LogP contribution in [-0.4, -0.2) is 22.8 Å². The number of para-hydroxylation sites is 2. The molecule has 2 aromatic carbocycles. The Hall–Kier alpha value is -2.33. The minimum absolute atomic E-state index is 0.104. The van der Waals surface area contributed by atoms with Crippen molar-refractivity contribution in [1.29, 1.82) is 0 Å². The Morgan fingerprint density at radius 2 is 1.96 bits per heavy atom. The lowest BCUT2D eigenvalue weighted by molar-refractivity contribution is 0.101. The van der Waals surface area contributed by atoms with Gasteiger partial charge in [0.15, 0.2) is 0 Å². The lowest BCUT2D eigenvalue weighted by Crippen LogP contribution is -2.13. The van der Waals surface area contributed by atoms with Gasteiger partial charge in [0.1, 0.15) is 24.3 Å². The molecule has 1 saturated heterocycles. The third-order valence-corrected chi connectivity index (χ3v) is 5.03. The average molecular weight is 350 g/mol. The number of ether oxygens (including phenoxy) is 2. The highest BCUT2D eigenvalue weighted by atomic mass is 16.5. The summed E-state index contributed by atoms with van der Waals surface area (Å²) >= 11 is 0. The van der Waals surface area contributed by atoms with Crippen LogP contribution in [-0.2, 0) is 11.3 Å². The zero-order chi connectivity index (χ0) is 17.9. The molecule has 26 heavy (non-hydrogen) atoms. The fourth-order valence-corrected chi connectivity index (χ4v) is 3.56. The maximum Gasteiger partial charge on any atom is 0.139 e. The van der Waals surface area contributed by atoms with Crippen molar-refractivity contribution in [2.45, 2.75) is 45.3 Å². The summed E-state index contributed by atoms with van der Waals surface area (Å²) in [6, 6.07) is 16.7. The van der Waals surface area contributed by atoms with Crippen molar-refractivity contribution in [3.05, 3.63) is 59.9 Å². The van der Waals surface area contributed by atoms with Gasteiger partial charge >= 0.3 is 0 Å². The number of fused-ring (bicyclic) bond motifs is 1. The molecule has 1 unspecified atom stereocenters. The number of hydrogen-bond donors (Lipinski definition) is 0. The highest BCUT2D eigenvalue weighted by Crippen LogP contribution is 2.30. The topological polar surface area (TPSA) is 36.3 Å². The molecule has 1 atom stereocenters. The van der Waals surface area contributed by atoms with Crippen LogP contribution in [0.1, 0.15) is 50.1 Å². The molecule has 0 bridgehead atoms. The fourth-order valence-electron chi connectivity index (χ4n) is 3.56. The van der Waals surface area contributed by atoms with E-state index in [-0.39, 0.29) is 6.10 Å². The van der Waals surface area contributed by atoms with Crippen molar-refractivity contribution in [1.82, 2.24) is 9.55 Å². The second kappa shape index (κ2) is 7.50. The minimum atomic E-state index is 0.104. The summed E-state index contributed by atoms with van der Waals surface area (Å²) in [5.41, 5.74) is 3.51. The lowest BCUT2D eigenvalue weighted by atomic mass is 10.0. The second-order valence-corrected chi connectivity index (χ2v) is 7.18. The first-order valence-electron chi connectivity index (χ1n) is 9.52. The maximum absolute atomic E-state index is 5.99. The van der Waals surface area contributed by atoms with Gasteiger partial charge in [-0.2, -0.15) is 0 Å². The fraction of sp³-hybridized carbons (Fsp3) is 0.409. The molecule has 0 radical (unpaired) electrons. The van der Waals surface area contributed by atoms with E-state index in [0.717, 1.165) is 48.6 Å². The third kappa shape index (κ3) is 3.47. The maximum atomic E-state index is 5.99. The van der Waals surface area contributed by atoms with Gasteiger partial charge in [-0.05, 0) is 48.6 Å². The summed E-state index contributed by atoms with van der Waals surface area (Å²) < 4.78 is 14.1. The first-order chi connectivity index (χ1) is 12.7. The molecule has 1 aliphatic heterocycles. The molecule has 0 saturated carbocycles. The molecular formula is C22H26N2O2. The van der Waals surface area contributed by atoms with Crippen LogP contribution in [0.15, 0.2) is 48.5 Å². The highest BCUT2D eigenvalue weighted by molar-refractivity contribution is 5.76. The van der Waals surface area contributed by atoms with E-state index in [1.54, 1.807) is 0 Å². The first kappa shape index (κ1) is 17.1. The number of rotatable bonds is 6. The van der Waals surface area contributed by atoms with Gasteiger partial charge in [0.25, 0.3) is 0 Å². The van der Waals surface area contributed by atoms with E-state index in [9.17, 15) is 0 Å². The molecule has 136 valence electrons. The first-order valence-corrected chi connectivity index (χ1v) is 9.52. The van der Waals surface area contributed by atoms with Crippen LogP contribution in [0.3, 0.4) is 0 Å². The van der Waals surface area contributed by atoms with Crippen molar-refractivity contribution in [3.63, 3.8) is 0 Å². The summed E-state index contributed by atoms with van der Waals surface area (Å²) in [5, 5.41) is 0. The SMILES string of the molecule is CC(C)c1ccc(OCCn2c(C3CCCO3)nc3ccccc32)cc1. The molecule has 4 nitrogen and oxygen atoms in total. The summed E-state index contributed by atoms with van der Waals surface area (Å²) in [6.07, 6.45) is 2.25. The minimum Gasteiger partial charge on any atom is -0.492 e. The van der Waals surface area contributed by atoms with Crippen molar-refractivity contribution >= 4 is 11.0 Å². The highest BCUT2D eigenvalue weighted by Gasteiger charge is 2.24. The van der Waals surface area contributed by atoms with Gasteiger partial charge in [-0.3, -0.25) is 0 Å². The Balaban J connectivity index is 1.50. The summed E-state index contributed by atoms with van der Waals surface area (Å²) in [4.78, 5) is 4.83. The Bertz CT molecular complexity index is 861. The molecule has 4 rings (SSSR count). The van der Waals surface area contributed by atoms with Gasteiger partial charge in [0.05, 0.1) is 17.6 Å². The summed E-state index contributed by atoms with van der Waals surface area (Å²) in [7, 11) is 0.